The van der Waals surface area contributed by atoms with Crippen LogP contribution in [0.1, 0.15) is 77.6 Å². The van der Waals surface area contributed by atoms with Crippen molar-refractivity contribution in [1.82, 2.24) is 15.1 Å². The van der Waals surface area contributed by atoms with Gasteiger partial charge in [0.05, 0.1) is 6.54 Å². The van der Waals surface area contributed by atoms with Gasteiger partial charge in [0, 0.05) is 55.5 Å². The zero-order valence-corrected chi connectivity index (χ0v) is 31.6. The third-order valence-electron chi connectivity index (χ3n) is 10.00. The molecule has 1 saturated heterocycles. The van der Waals surface area contributed by atoms with E-state index in [1.165, 1.54) is 10.5 Å². The van der Waals surface area contributed by atoms with Crippen LogP contribution in [0.2, 0.25) is 0 Å². The van der Waals surface area contributed by atoms with Crippen LogP contribution in [0.15, 0.2) is 103 Å². The largest absolute Gasteiger partial charge is 0.492 e. The number of fused-ring (bicyclic) bond motifs is 1. The van der Waals surface area contributed by atoms with Crippen molar-refractivity contribution < 1.29 is 28.7 Å². The van der Waals surface area contributed by atoms with Crippen molar-refractivity contribution in [3.8, 4) is 5.75 Å². The average Bonchev–Trinajstić information content (AvgIpc) is 3.53. The summed E-state index contributed by atoms with van der Waals surface area (Å²) in [6, 6.07) is 33.0. The summed E-state index contributed by atoms with van der Waals surface area (Å²) in [5.74, 6) is -0.170. The van der Waals surface area contributed by atoms with Gasteiger partial charge in [0.15, 0.2) is 0 Å². The smallest absolute Gasteiger partial charge is 0.255 e. The van der Waals surface area contributed by atoms with Gasteiger partial charge in [-0.15, -0.1) is 11.6 Å². The number of likely N-dealkylation sites (N-methyl/N-ethyl adjacent to an activating group) is 1. The number of hydrogen-bond donors (Lipinski definition) is 2. The predicted molar refractivity (Wildman–Crippen MR) is 213 cm³/mol. The van der Waals surface area contributed by atoms with Crippen LogP contribution in [-0.4, -0.2) is 71.5 Å². The summed E-state index contributed by atoms with van der Waals surface area (Å²) in [6.07, 6.45) is 2.72. The Labute approximate surface area is 326 Å². The minimum atomic E-state index is -0.730. The Morgan fingerprint density at radius 1 is 0.836 bits per heavy atom. The molecule has 0 bridgehead atoms. The van der Waals surface area contributed by atoms with E-state index in [0.717, 1.165) is 22.3 Å². The summed E-state index contributed by atoms with van der Waals surface area (Å²) >= 11 is 6.30. The van der Waals surface area contributed by atoms with Crippen molar-refractivity contribution in [2.24, 2.45) is 0 Å². The molecule has 0 aliphatic carbocycles. The van der Waals surface area contributed by atoms with E-state index in [-0.39, 0.29) is 49.4 Å². The van der Waals surface area contributed by atoms with Gasteiger partial charge in [0.1, 0.15) is 18.4 Å². The van der Waals surface area contributed by atoms with Crippen LogP contribution in [0.25, 0.3) is 11.1 Å². The molecular formula is C44H45ClN4O6. The van der Waals surface area contributed by atoms with E-state index >= 15 is 0 Å². The fourth-order valence-corrected chi connectivity index (χ4v) is 7.27. The van der Waals surface area contributed by atoms with Gasteiger partial charge in [-0.3, -0.25) is 29.3 Å². The normalized spacial score (nSPS) is 15.6. The van der Waals surface area contributed by atoms with Crippen molar-refractivity contribution in [2.45, 2.75) is 57.5 Å². The van der Waals surface area contributed by atoms with E-state index in [4.69, 9.17) is 16.3 Å². The summed E-state index contributed by atoms with van der Waals surface area (Å²) < 4.78 is 6.02. The Kier molecular flexibility index (Phi) is 13.1. The number of alkyl halides is 1. The molecular weight excluding hydrogens is 716 g/mol. The lowest BCUT2D eigenvalue weighted by atomic mass is 9.88. The first kappa shape index (κ1) is 39.0. The average molecular weight is 761 g/mol. The first-order valence-corrected chi connectivity index (χ1v) is 19.2. The molecule has 1 unspecified atom stereocenters. The molecule has 1 atom stereocenters. The van der Waals surface area contributed by atoms with Gasteiger partial charge in [0.25, 0.3) is 5.91 Å². The summed E-state index contributed by atoms with van der Waals surface area (Å²) in [5, 5.41) is 5.20. The highest BCUT2D eigenvalue weighted by atomic mass is 35.5. The molecule has 2 heterocycles. The van der Waals surface area contributed by atoms with Crippen molar-refractivity contribution in [1.29, 1.82) is 0 Å². The van der Waals surface area contributed by atoms with Gasteiger partial charge in [-0.05, 0) is 77.8 Å². The van der Waals surface area contributed by atoms with Crippen LogP contribution in [-0.2, 0) is 25.7 Å². The lowest BCUT2D eigenvalue weighted by molar-refractivity contribution is -0.137. The van der Waals surface area contributed by atoms with Gasteiger partial charge < -0.3 is 19.9 Å². The number of nitrogens with zero attached hydrogens (tertiary/aromatic N) is 2. The van der Waals surface area contributed by atoms with Crippen molar-refractivity contribution in [2.75, 3.05) is 31.4 Å². The monoisotopic (exact) mass is 760 g/mol. The lowest BCUT2D eigenvalue weighted by Gasteiger charge is -2.29. The lowest BCUT2D eigenvalue weighted by Crippen LogP contribution is -2.52. The number of allylic oxidation sites excluding steroid dienone is 1. The maximum Gasteiger partial charge on any atom is 0.255 e. The number of amides is 5. The Morgan fingerprint density at radius 2 is 1.51 bits per heavy atom. The molecule has 11 heteroatoms. The topological polar surface area (TPSA) is 125 Å². The van der Waals surface area contributed by atoms with Crippen molar-refractivity contribution in [3.63, 3.8) is 0 Å². The maximum atomic E-state index is 13.1. The van der Waals surface area contributed by atoms with Gasteiger partial charge in [-0.25, -0.2) is 0 Å². The molecule has 5 amide bonds. The summed E-state index contributed by atoms with van der Waals surface area (Å²) in [4.78, 5) is 65.9. The molecule has 284 valence electrons. The highest BCUT2D eigenvalue weighted by Crippen LogP contribution is 2.36. The quantitative estimate of drug-likeness (QED) is 0.0545. The highest BCUT2D eigenvalue weighted by molar-refractivity contribution is 6.18. The number of benzene rings is 4. The van der Waals surface area contributed by atoms with E-state index in [1.807, 2.05) is 48.5 Å². The van der Waals surface area contributed by atoms with E-state index < -0.39 is 11.9 Å². The predicted octanol–water partition coefficient (Wildman–Crippen LogP) is 7.07. The van der Waals surface area contributed by atoms with E-state index in [9.17, 15) is 24.0 Å². The first-order chi connectivity index (χ1) is 26.7. The van der Waals surface area contributed by atoms with Crippen molar-refractivity contribution in [3.05, 3.63) is 131 Å². The number of nitrogens with one attached hydrogen (secondary N) is 2. The molecule has 1 fully saturated rings. The highest BCUT2D eigenvalue weighted by Gasteiger charge is 2.40. The molecule has 0 aromatic heterocycles. The Hall–Kier alpha value is -5.74. The molecule has 0 radical (unpaired) electrons. The Morgan fingerprint density at radius 3 is 2.20 bits per heavy atom. The Balaban J connectivity index is 0.953. The third kappa shape index (κ3) is 9.69. The second-order valence-electron chi connectivity index (χ2n) is 13.7. The summed E-state index contributed by atoms with van der Waals surface area (Å²) in [5.41, 5.74) is 7.20. The molecule has 55 heavy (non-hydrogen) atoms. The van der Waals surface area contributed by atoms with E-state index in [2.05, 4.69) is 47.0 Å². The van der Waals surface area contributed by atoms with Gasteiger partial charge in [-0.1, -0.05) is 78.9 Å². The number of carbonyl (C=O) groups is 5. The standard InChI is InChI=1S/C44H45ClN4O6/c1-48(27-28-55-33-21-19-32(20-22-33)42(31-13-6-3-7-14-31)34(25-26-45)30-11-4-2-5-12-30)41(52)18-9-8-17-39(50)46-37-16-10-15-35-36(37)29-49(44(35)54)38-23-24-40(51)47-43(38)53/h2-7,10-16,19-22,38H,8-9,17-18,23-29H2,1H3,(H,46,50)(H,47,51,53)/b42-34-. The van der Waals surface area contributed by atoms with Crippen LogP contribution in [0.3, 0.4) is 0 Å². The van der Waals surface area contributed by atoms with E-state index in [0.29, 0.717) is 67.3 Å². The molecule has 2 aliphatic rings. The molecule has 4 aromatic carbocycles. The van der Waals surface area contributed by atoms with Gasteiger partial charge in [-0.2, -0.15) is 0 Å². The number of imide groups is 1. The number of rotatable bonds is 16. The Bertz CT molecular complexity index is 2050. The zero-order chi connectivity index (χ0) is 38.7. The number of anilines is 1. The summed E-state index contributed by atoms with van der Waals surface area (Å²) in [7, 11) is 1.75. The second-order valence-corrected chi connectivity index (χ2v) is 14.1. The molecule has 2 aliphatic heterocycles. The molecule has 4 aromatic rings. The number of unbranched alkanes of at least 4 members (excludes halogenated alkanes) is 1. The molecule has 0 spiro atoms. The number of ether oxygens (including phenoxy) is 1. The minimum Gasteiger partial charge on any atom is -0.492 e. The number of halogens is 1. The van der Waals surface area contributed by atoms with Crippen LogP contribution in [0, 0.1) is 0 Å². The number of carbonyl (C=O) groups excluding carboxylic acids is 5. The first-order valence-electron chi connectivity index (χ1n) is 18.7. The molecule has 0 saturated carbocycles. The van der Waals surface area contributed by atoms with Gasteiger partial charge in [0.2, 0.25) is 23.6 Å². The summed E-state index contributed by atoms with van der Waals surface area (Å²) in [6.45, 7) is 0.916. The number of piperidine rings is 1. The van der Waals surface area contributed by atoms with Crippen molar-refractivity contribution >= 4 is 58.0 Å². The minimum absolute atomic E-state index is 0.0299. The molecule has 6 rings (SSSR count). The third-order valence-corrected chi connectivity index (χ3v) is 10.2. The molecule has 10 nitrogen and oxygen atoms in total. The fraction of sp³-hybridized carbons (Fsp3) is 0.295. The van der Waals surface area contributed by atoms with Crippen LogP contribution < -0.4 is 15.4 Å². The maximum absolute atomic E-state index is 13.1. The fourth-order valence-electron chi connectivity index (χ4n) is 7.08. The van der Waals surface area contributed by atoms with Crippen LogP contribution in [0.4, 0.5) is 5.69 Å². The van der Waals surface area contributed by atoms with Crippen LogP contribution >= 0.6 is 11.6 Å². The van der Waals surface area contributed by atoms with Crippen LogP contribution in [0.5, 0.6) is 5.75 Å². The second kappa shape index (κ2) is 18.5. The van der Waals surface area contributed by atoms with E-state index in [1.54, 1.807) is 30.1 Å². The van der Waals surface area contributed by atoms with Gasteiger partial charge >= 0.3 is 0 Å². The number of hydrogen-bond acceptors (Lipinski definition) is 6. The zero-order valence-electron chi connectivity index (χ0n) is 30.9. The SMILES string of the molecule is CN(CCOc1ccc(/C(=C(/CCCl)c2ccccc2)c2ccccc2)cc1)C(=O)CCCCC(=O)Nc1cccc2c1CN(C1CCC(=O)NC1=O)C2=O. The molecule has 2 N–H and O–H groups in total.